The average molecular weight is 873 g/mol. The van der Waals surface area contributed by atoms with Gasteiger partial charge in [0, 0.05) is 106 Å². The third-order valence-electron chi connectivity index (χ3n) is 9.93. The molecular formula is C52H44N10O4. The van der Waals surface area contributed by atoms with E-state index in [4.69, 9.17) is 0 Å². The Hall–Kier alpha value is -9.30. The topological polar surface area (TPSA) is 190 Å². The van der Waals surface area contributed by atoms with E-state index >= 15 is 0 Å². The Morgan fingerprint density at radius 2 is 0.515 bits per heavy atom. The maximum Gasteiger partial charge on any atom is 0.255 e. The van der Waals surface area contributed by atoms with Crippen LogP contribution in [0.4, 0.5) is 68.2 Å². The Kier molecular flexibility index (Phi) is 13.3. The lowest BCUT2D eigenvalue weighted by Gasteiger charge is -2.11. The van der Waals surface area contributed by atoms with Crippen molar-refractivity contribution in [3.8, 4) is 11.4 Å². The van der Waals surface area contributed by atoms with Crippen LogP contribution in [0.3, 0.4) is 0 Å². The van der Waals surface area contributed by atoms with Crippen molar-refractivity contribution in [2.45, 2.75) is 13.8 Å². The molecule has 0 saturated carbocycles. The van der Waals surface area contributed by atoms with Crippen molar-refractivity contribution in [1.29, 1.82) is 0 Å². The number of aromatic nitrogens is 2. The second-order valence-corrected chi connectivity index (χ2v) is 15.1. The van der Waals surface area contributed by atoms with E-state index in [-0.39, 0.29) is 23.6 Å². The quantitative estimate of drug-likeness (QED) is 0.0492. The first kappa shape index (κ1) is 43.4. The second-order valence-electron chi connectivity index (χ2n) is 15.1. The molecule has 2 aromatic heterocycles. The molecule has 0 bridgehead atoms. The molecule has 8 aromatic rings. The minimum atomic E-state index is -0.323. The van der Waals surface area contributed by atoms with Gasteiger partial charge in [-0.2, -0.15) is 0 Å². The van der Waals surface area contributed by atoms with Crippen LogP contribution >= 0.6 is 0 Å². The fourth-order valence-electron chi connectivity index (χ4n) is 6.72. The third-order valence-corrected chi connectivity index (χ3v) is 9.93. The predicted molar refractivity (Wildman–Crippen MR) is 264 cm³/mol. The van der Waals surface area contributed by atoms with Crippen LogP contribution < -0.4 is 42.5 Å². The number of carbonyl (C=O) groups is 4. The van der Waals surface area contributed by atoms with E-state index in [1.54, 1.807) is 24.3 Å². The zero-order valence-corrected chi connectivity index (χ0v) is 35.8. The van der Waals surface area contributed by atoms with E-state index in [1.165, 1.54) is 26.2 Å². The van der Waals surface area contributed by atoms with E-state index < -0.39 is 0 Å². The Balaban J connectivity index is 0.812. The summed E-state index contributed by atoms with van der Waals surface area (Å²) in [5.74, 6) is -0.877. The number of nitrogens with one attached hydrogen (secondary N) is 8. The molecule has 4 amide bonds. The van der Waals surface area contributed by atoms with Crippen LogP contribution in [0, 0.1) is 0 Å². The van der Waals surface area contributed by atoms with Crippen molar-refractivity contribution in [1.82, 2.24) is 9.97 Å². The minimum Gasteiger partial charge on any atom is -0.356 e. The number of rotatable bonds is 15. The molecule has 14 nitrogen and oxygen atoms in total. The summed E-state index contributed by atoms with van der Waals surface area (Å²) < 4.78 is 0. The maximum atomic E-state index is 13.3. The van der Waals surface area contributed by atoms with E-state index in [0.29, 0.717) is 33.9 Å². The molecule has 0 aliphatic carbocycles. The van der Waals surface area contributed by atoms with Gasteiger partial charge in [-0.1, -0.05) is 0 Å². The van der Waals surface area contributed by atoms with Gasteiger partial charge in [0.2, 0.25) is 11.8 Å². The van der Waals surface area contributed by atoms with Crippen molar-refractivity contribution in [3.63, 3.8) is 0 Å². The Labute approximate surface area is 381 Å². The predicted octanol–water partition coefficient (Wildman–Crippen LogP) is 11.5. The Morgan fingerprint density at radius 3 is 0.742 bits per heavy atom. The van der Waals surface area contributed by atoms with Crippen LogP contribution in [0.2, 0.25) is 0 Å². The number of nitrogens with zero attached hydrogens (tertiary/aromatic N) is 2. The number of hydrogen-bond acceptors (Lipinski definition) is 10. The largest absolute Gasteiger partial charge is 0.356 e. The molecule has 8 rings (SSSR count). The molecule has 2 heterocycles. The fourth-order valence-corrected chi connectivity index (χ4v) is 6.72. The fraction of sp³-hybridized carbons (Fsp3) is 0.0385. The van der Waals surface area contributed by atoms with Gasteiger partial charge in [-0.3, -0.25) is 29.1 Å². The summed E-state index contributed by atoms with van der Waals surface area (Å²) in [5.41, 5.74) is 11.4. The summed E-state index contributed by atoms with van der Waals surface area (Å²) in [6.07, 6.45) is 3.07. The summed E-state index contributed by atoms with van der Waals surface area (Å²) >= 11 is 0. The minimum absolute atomic E-state index is 0.116. The molecule has 0 unspecified atom stereocenters. The van der Waals surface area contributed by atoms with Gasteiger partial charge < -0.3 is 42.5 Å². The molecule has 0 aliphatic rings. The smallest absolute Gasteiger partial charge is 0.255 e. The molecule has 14 heteroatoms. The van der Waals surface area contributed by atoms with E-state index in [2.05, 4.69) is 52.5 Å². The molecule has 326 valence electrons. The molecule has 8 N–H and O–H groups in total. The molecule has 0 atom stereocenters. The molecular weight excluding hydrogens is 829 g/mol. The highest BCUT2D eigenvalue weighted by atomic mass is 16.2. The molecule has 0 spiro atoms. The van der Waals surface area contributed by atoms with Crippen molar-refractivity contribution in [2.24, 2.45) is 0 Å². The monoisotopic (exact) mass is 872 g/mol. The van der Waals surface area contributed by atoms with Crippen molar-refractivity contribution < 1.29 is 19.2 Å². The average Bonchev–Trinajstić information content (AvgIpc) is 3.32. The lowest BCUT2D eigenvalue weighted by Crippen LogP contribution is -2.13. The number of amides is 4. The van der Waals surface area contributed by atoms with E-state index in [0.717, 1.165) is 56.9 Å². The highest BCUT2D eigenvalue weighted by Gasteiger charge is 2.13. The summed E-state index contributed by atoms with van der Waals surface area (Å²) in [6, 6.07) is 51.9. The first-order valence-electron chi connectivity index (χ1n) is 20.9. The van der Waals surface area contributed by atoms with Gasteiger partial charge in [0.15, 0.2) is 0 Å². The van der Waals surface area contributed by atoms with Crippen molar-refractivity contribution >= 4 is 91.9 Å². The molecule has 0 saturated heterocycles. The van der Waals surface area contributed by atoms with Crippen LogP contribution in [0.15, 0.2) is 182 Å². The summed E-state index contributed by atoms with van der Waals surface area (Å²) in [7, 11) is 0. The highest BCUT2D eigenvalue weighted by Crippen LogP contribution is 2.27. The van der Waals surface area contributed by atoms with E-state index in [9.17, 15) is 19.2 Å². The van der Waals surface area contributed by atoms with Gasteiger partial charge in [0.25, 0.3) is 11.8 Å². The highest BCUT2D eigenvalue weighted by molar-refractivity contribution is 6.06. The lowest BCUT2D eigenvalue weighted by molar-refractivity contribution is -0.115. The van der Waals surface area contributed by atoms with Crippen molar-refractivity contribution in [3.05, 3.63) is 193 Å². The number of anilines is 12. The molecule has 0 aliphatic heterocycles. The van der Waals surface area contributed by atoms with E-state index in [1.807, 2.05) is 146 Å². The number of hydrogen-bond donors (Lipinski definition) is 8. The lowest BCUT2D eigenvalue weighted by atomic mass is 10.1. The van der Waals surface area contributed by atoms with Crippen LogP contribution in [-0.4, -0.2) is 33.6 Å². The zero-order chi connectivity index (χ0) is 45.8. The zero-order valence-electron chi connectivity index (χ0n) is 35.8. The van der Waals surface area contributed by atoms with Gasteiger partial charge >= 0.3 is 0 Å². The first-order valence-corrected chi connectivity index (χ1v) is 20.9. The summed E-state index contributed by atoms with van der Waals surface area (Å²) in [4.78, 5) is 58.1. The van der Waals surface area contributed by atoms with Crippen LogP contribution in [0.5, 0.6) is 0 Å². The van der Waals surface area contributed by atoms with Crippen LogP contribution in [0.1, 0.15) is 34.6 Å². The van der Waals surface area contributed by atoms with Gasteiger partial charge in [0.1, 0.15) is 0 Å². The number of benzene rings is 6. The number of pyridine rings is 2. The molecule has 0 fully saturated rings. The van der Waals surface area contributed by atoms with Crippen LogP contribution in [-0.2, 0) is 9.59 Å². The standard InChI is InChI=1S/C52H44N10O4/c1-33(63)55-37-3-7-39(8-4-37)57-41-11-15-43(16-12-41)59-45-19-23-47(24-20-45)61-51(65)35-27-29-53-49(31-35)50-32-36(28-30-54-50)52(66)62-48-25-21-46(22-26-48)60-44-17-13-42(14-18-44)58-40-9-5-38(6-10-40)56-34(2)64/h3-32,57-60H,1-2H3,(H,55,63)(H,56,64)(H,61,65)(H,62,66). The second kappa shape index (κ2) is 20.3. The Morgan fingerprint density at radius 1 is 0.303 bits per heavy atom. The van der Waals surface area contributed by atoms with Gasteiger partial charge in [-0.15, -0.1) is 0 Å². The normalized spacial score (nSPS) is 10.5. The Bertz CT molecular complexity index is 2770. The van der Waals surface area contributed by atoms with Gasteiger partial charge in [-0.25, -0.2) is 0 Å². The number of carbonyl (C=O) groups excluding carboxylic acids is 4. The van der Waals surface area contributed by atoms with Gasteiger partial charge in [0.05, 0.1) is 11.4 Å². The first-order chi connectivity index (χ1) is 32.1. The van der Waals surface area contributed by atoms with Gasteiger partial charge in [-0.05, 0) is 170 Å². The summed E-state index contributed by atoms with van der Waals surface area (Å²) in [5, 5.41) is 24.8. The molecule has 66 heavy (non-hydrogen) atoms. The third kappa shape index (κ3) is 12.0. The molecule has 0 radical (unpaired) electrons. The maximum absolute atomic E-state index is 13.3. The molecule has 6 aromatic carbocycles. The summed E-state index contributed by atoms with van der Waals surface area (Å²) in [6.45, 7) is 2.95. The SMILES string of the molecule is CC(=O)Nc1ccc(Nc2ccc(Nc3ccc(NC(=O)c4ccnc(-c5cc(C(=O)Nc6ccc(Nc7ccc(Nc8ccc(NC(C)=O)cc8)cc7)cc6)ccn5)c4)cc3)cc2)cc1. The van der Waals surface area contributed by atoms with Crippen molar-refractivity contribution in [2.75, 3.05) is 42.5 Å². The van der Waals surface area contributed by atoms with Crippen LogP contribution in [0.25, 0.3) is 11.4 Å².